The molecule has 0 bridgehead atoms. The van der Waals surface area contributed by atoms with E-state index in [0.717, 1.165) is 11.8 Å². The van der Waals surface area contributed by atoms with Crippen LogP contribution in [0.3, 0.4) is 0 Å². The van der Waals surface area contributed by atoms with Gasteiger partial charge in [0.2, 0.25) is 5.60 Å². The van der Waals surface area contributed by atoms with E-state index in [1.54, 1.807) is 6.92 Å². The van der Waals surface area contributed by atoms with Crippen LogP contribution in [0, 0.1) is 0 Å². The zero-order valence-electron chi connectivity index (χ0n) is 18.9. The fourth-order valence-corrected chi connectivity index (χ4v) is 5.26. The van der Waals surface area contributed by atoms with Crippen LogP contribution in [0.5, 0.6) is 0 Å². The third kappa shape index (κ3) is 5.09. The van der Waals surface area contributed by atoms with E-state index in [2.05, 4.69) is 26.1 Å². The zero-order chi connectivity index (χ0) is 26.5. The Balaban J connectivity index is 1.54. The van der Waals surface area contributed by atoms with E-state index in [1.165, 1.54) is 10.4 Å². The summed E-state index contributed by atoms with van der Waals surface area (Å²) in [4.78, 5) is 41.4. The van der Waals surface area contributed by atoms with E-state index in [0.29, 0.717) is 0 Å². The second kappa shape index (κ2) is 9.14. The molecule has 2 amide bonds. The number of rotatable bonds is 10. The molecule has 0 aromatic rings. The van der Waals surface area contributed by atoms with Crippen LogP contribution in [0.15, 0.2) is 26.6 Å². The van der Waals surface area contributed by atoms with Gasteiger partial charge in [0.05, 0.1) is 24.8 Å². The third-order valence-corrected chi connectivity index (χ3v) is 7.71. The minimum absolute atomic E-state index is 0.109. The summed E-state index contributed by atoms with van der Waals surface area (Å²) in [5.41, 5.74) is 9.71. The number of thioether (sulfide) groups is 1. The summed E-state index contributed by atoms with van der Waals surface area (Å²) >= 11 is 1.12. The Labute approximate surface area is 209 Å². The van der Waals surface area contributed by atoms with Crippen LogP contribution < -0.4 is 22.1 Å². The average Bonchev–Trinajstić information content (AvgIpc) is 3.30. The number of carbonyl (C=O) groups is 3. The molecule has 36 heavy (non-hydrogen) atoms. The highest BCUT2D eigenvalue weighted by Crippen LogP contribution is 2.40. The number of nitrogens with one attached hydrogen (secondary N) is 2. The van der Waals surface area contributed by atoms with Crippen LogP contribution in [0.4, 0.5) is 0 Å². The topological polar surface area (TPSA) is 255 Å². The second-order valence-corrected chi connectivity index (χ2v) is 11.4. The van der Waals surface area contributed by atoms with E-state index < -0.39 is 56.5 Å². The van der Waals surface area contributed by atoms with Crippen molar-refractivity contribution in [3.8, 4) is 0 Å². The molecule has 4 atom stereocenters. The van der Waals surface area contributed by atoms with E-state index >= 15 is 0 Å². The molecule has 3 aliphatic heterocycles. The van der Waals surface area contributed by atoms with Crippen LogP contribution in [0.2, 0.25) is 0 Å². The van der Waals surface area contributed by atoms with Crippen molar-refractivity contribution in [2.75, 3.05) is 19.6 Å². The Morgan fingerprint density at radius 2 is 2.14 bits per heavy atom. The molecule has 1 saturated carbocycles. The average molecular weight is 548 g/mol. The molecule has 17 nitrogen and oxygen atoms in total. The molecular weight excluding hydrogens is 522 g/mol. The summed E-state index contributed by atoms with van der Waals surface area (Å²) in [5.74, 6) is -3.29. The predicted octanol–water partition coefficient (Wildman–Crippen LogP) is -2.71. The summed E-state index contributed by atoms with van der Waals surface area (Å²) in [6.07, 6.45) is 0.383. The van der Waals surface area contributed by atoms with Gasteiger partial charge < -0.3 is 32.0 Å². The molecule has 3 heterocycles. The SMILES string of the molecule is C[C@@]1(N)NC(/C(=N/OC2(C(=O)O)CC2)C(=O)N[C@@H]2C(=O)N(S(=O)(=O)O)[C@@H]2CN2CC(CN)N=N2)=CS1. The standard InChI is InChI=1S/C17H25N9O8S2/c1-16(19)21-9(7-35-16)11(23-34-17(2-3-17)15(29)30)13(27)20-12-10(26(14(12)28)36(31,32)33)6-25-5-8(4-18)22-24-25/h7-8,10,12,21H,2-6,18-19H2,1H3,(H,20,27)(H,29,30)(H,31,32,33)/b23-11-/t8?,10-,12+,16-/m1/s1. The minimum atomic E-state index is -4.93. The lowest BCUT2D eigenvalue weighted by Crippen LogP contribution is -2.74. The van der Waals surface area contributed by atoms with Crippen LogP contribution in [-0.4, -0.2) is 99.2 Å². The van der Waals surface area contributed by atoms with Crippen LogP contribution >= 0.6 is 11.8 Å². The normalized spacial score (nSPS) is 31.0. The molecular formula is C17H25N9O8S2. The van der Waals surface area contributed by atoms with Gasteiger partial charge in [0.15, 0.2) is 5.71 Å². The van der Waals surface area contributed by atoms with Crippen molar-refractivity contribution in [1.82, 2.24) is 19.9 Å². The molecule has 198 valence electrons. The van der Waals surface area contributed by atoms with E-state index in [9.17, 15) is 32.5 Å². The molecule has 4 rings (SSSR count). The van der Waals surface area contributed by atoms with E-state index in [4.69, 9.17) is 16.3 Å². The van der Waals surface area contributed by atoms with Crippen molar-refractivity contribution < 1.29 is 37.3 Å². The Kier molecular flexibility index (Phi) is 6.62. The van der Waals surface area contributed by atoms with Gasteiger partial charge in [0.1, 0.15) is 17.1 Å². The van der Waals surface area contributed by atoms with Gasteiger partial charge in [-0.3, -0.25) is 19.2 Å². The quantitative estimate of drug-likeness (QED) is 0.0705. The van der Waals surface area contributed by atoms with E-state index in [1.807, 2.05) is 0 Å². The number of nitrogens with two attached hydrogens (primary N) is 2. The zero-order valence-corrected chi connectivity index (χ0v) is 20.5. The van der Waals surface area contributed by atoms with Crippen molar-refractivity contribution >= 4 is 45.6 Å². The molecule has 1 saturated heterocycles. The maximum Gasteiger partial charge on any atom is 0.362 e. The Morgan fingerprint density at radius 1 is 1.44 bits per heavy atom. The maximum absolute atomic E-state index is 13.2. The summed E-state index contributed by atoms with van der Waals surface area (Å²) in [6.45, 7) is 1.89. The number of nitrogens with zero attached hydrogens (tertiary/aromatic N) is 5. The van der Waals surface area contributed by atoms with Gasteiger partial charge in [0.25, 0.3) is 11.8 Å². The lowest BCUT2D eigenvalue weighted by molar-refractivity contribution is -0.153. The number of aliphatic carboxylic acids is 1. The number of carboxylic acid groups (broad SMARTS) is 1. The first-order chi connectivity index (χ1) is 16.8. The number of oxime groups is 1. The van der Waals surface area contributed by atoms with Crippen molar-refractivity contribution in [3.63, 3.8) is 0 Å². The Bertz CT molecular complexity index is 1170. The second-order valence-electron chi connectivity index (χ2n) is 8.81. The van der Waals surface area contributed by atoms with Gasteiger partial charge in [-0.15, -0.1) is 0 Å². The molecule has 1 unspecified atom stereocenters. The van der Waals surface area contributed by atoms with Gasteiger partial charge in [-0.2, -0.15) is 13.5 Å². The number of β-lactam (4-membered cyclic amide) rings is 1. The number of carboxylic acids is 1. The molecule has 4 aliphatic rings. The molecule has 0 spiro atoms. The van der Waals surface area contributed by atoms with Crippen LogP contribution in [0.25, 0.3) is 0 Å². The number of hydrogen-bond donors (Lipinski definition) is 6. The highest BCUT2D eigenvalue weighted by atomic mass is 32.2. The Morgan fingerprint density at radius 3 is 2.64 bits per heavy atom. The van der Waals surface area contributed by atoms with Gasteiger partial charge in [-0.25, -0.2) is 9.10 Å². The summed E-state index contributed by atoms with van der Waals surface area (Å²) < 4.78 is 33.3. The van der Waals surface area contributed by atoms with Crippen molar-refractivity contribution in [1.29, 1.82) is 0 Å². The van der Waals surface area contributed by atoms with Gasteiger partial charge >= 0.3 is 16.3 Å². The fraction of sp³-hybridized carbons (Fsp3) is 0.647. The van der Waals surface area contributed by atoms with Gasteiger partial charge in [0, 0.05) is 24.8 Å². The van der Waals surface area contributed by atoms with Crippen molar-refractivity contribution in [2.45, 2.75) is 48.5 Å². The highest BCUT2D eigenvalue weighted by Gasteiger charge is 2.56. The number of hydrogen-bond acceptors (Lipinski definition) is 14. The minimum Gasteiger partial charge on any atom is -0.478 e. The molecule has 0 radical (unpaired) electrons. The smallest absolute Gasteiger partial charge is 0.362 e. The fourth-order valence-electron chi connectivity index (χ4n) is 3.69. The largest absolute Gasteiger partial charge is 0.478 e. The van der Waals surface area contributed by atoms with Crippen LogP contribution in [-0.2, 0) is 29.5 Å². The van der Waals surface area contributed by atoms with Gasteiger partial charge in [-0.1, -0.05) is 22.1 Å². The predicted molar refractivity (Wildman–Crippen MR) is 123 cm³/mol. The molecule has 0 aromatic heterocycles. The summed E-state index contributed by atoms with van der Waals surface area (Å²) in [5, 5.41) is 28.9. The Hall–Kier alpha value is -3.00. The monoisotopic (exact) mass is 547 g/mol. The lowest BCUT2D eigenvalue weighted by Gasteiger charge is -2.45. The van der Waals surface area contributed by atoms with Crippen LogP contribution in [0.1, 0.15) is 19.8 Å². The number of amides is 2. The maximum atomic E-state index is 13.2. The first-order valence-corrected chi connectivity index (χ1v) is 13.0. The first kappa shape index (κ1) is 26.1. The first-order valence-electron chi connectivity index (χ1n) is 10.7. The van der Waals surface area contributed by atoms with Crippen molar-refractivity contribution in [3.05, 3.63) is 11.1 Å². The lowest BCUT2D eigenvalue weighted by atomic mass is 9.98. The molecule has 2 fully saturated rings. The van der Waals surface area contributed by atoms with E-state index in [-0.39, 0.29) is 48.5 Å². The molecule has 1 aliphatic carbocycles. The summed E-state index contributed by atoms with van der Waals surface area (Å²) in [6, 6.07) is -2.93. The molecule has 0 aromatic carbocycles. The highest BCUT2D eigenvalue weighted by molar-refractivity contribution is 8.03. The molecule has 8 N–H and O–H groups in total. The van der Waals surface area contributed by atoms with Crippen molar-refractivity contribution in [2.24, 2.45) is 27.0 Å². The third-order valence-electron chi connectivity index (χ3n) is 5.82. The number of carbonyl (C=O) groups excluding carboxylic acids is 2. The molecule has 19 heteroatoms. The van der Waals surface area contributed by atoms with Gasteiger partial charge in [-0.05, 0) is 6.92 Å². The summed E-state index contributed by atoms with van der Waals surface area (Å²) in [7, 11) is -4.93.